The van der Waals surface area contributed by atoms with Crippen molar-refractivity contribution in [3.8, 4) is 0 Å². The molecule has 0 N–H and O–H groups in total. The van der Waals surface area contributed by atoms with Gasteiger partial charge in [-0.25, -0.2) is 0 Å². The first-order valence-electron chi connectivity index (χ1n) is 5.71. The van der Waals surface area contributed by atoms with E-state index in [0.29, 0.717) is 0 Å². The molecule has 2 heteroatoms. The quantitative estimate of drug-likeness (QED) is 0.748. The lowest BCUT2D eigenvalue weighted by molar-refractivity contribution is -0.0184. The molecule has 0 saturated carbocycles. The first-order valence-corrected chi connectivity index (χ1v) is 5.71. The van der Waals surface area contributed by atoms with Crippen molar-refractivity contribution < 1.29 is 4.74 Å². The van der Waals surface area contributed by atoms with Crippen molar-refractivity contribution >= 4 is 0 Å². The van der Waals surface area contributed by atoms with Crippen LogP contribution in [0.5, 0.6) is 0 Å². The summed E-state index contributed by atoms with van der Waals surface area (Å²) in [6, 6.07) is 10.6. The maximum Gasteiger partial charge on any atom is 0.114 e. The summed E-state index contributed by atoms with van der Waals surface area (Å²) in [6.07, 6.45) is 3.88. The molecule has 1 atom stereocenters. The number of ether oxygens (including phenoxy) is 1. The van der Waals surface area contributed by atoms with E-state index in [1.165, 1.54) is 31.5 Å². The van der Waals surface area contributed by atoms with E-state index in [-0.39, 0.29) is 6.23 Å². The summed E-state index contributed by atoms with van der Waals surface area (Å²) in [6.45, 7) is 2.37. The highest BCUT2D eigenvalue weighted by molar-refractivity contribution is 5.15. The normalized spacial score (nSPS) is 19.3. The molecule has 1 heterocycles. The van der Waals surface area contributed by atoms with Crippen LogP contribution in [0.4, 0.5) is 0 Å². The van der Waals surface area contributed by atoms with Gasteiger partial charge >= 0.3 is 0 Å². The van der Waals surface area contributed by atoms with Crippen molar-refractivity contribution in [2.75, 3.05) is 20.2 Å². The molecule has 82 valence electrons. The Morgan fingerprint density at radius 3 is 2.47 bits per heavy atom. The van der Waals surface area contributed by atoms with Crippen molar-refractivity contribution in [1.29, 1.82) is 0 Å². The van der Waals surface area contributed by atoms with E-state index in [9.17, 15) is 0 Å². The Balaban J connectivity index is 1.96. The number of rotatable bonds is 4. The lowest BCUT2D eigenvalue weighted by Crippen LogP contribution is -2.35. The minimum atomic E-state index is 0.259. The Morgan fingerprint density at radius 2 is 1.87 bits per heavy atom. The molecule has 1 aromatic carbocycles. The van der Waals surface area contributed by atoms with Crippen LogP contribution in [0.15, 0.2) is 30.3 Å². The van der Waals surface area contributed by atoms with E-state index >= 15 is 0 Å². The first-order chi connectivity index (χ1) is 7.40. The lowest BCUT2D eigenvalue weighted by atomic mass is 10.1. The molecule has 1 aliphatic rings. The molecule has 0 bridgehead atoms. The van der Waals surface area contributed by atoms with Gasteiger partial charge < -0.3 is 4.74 Å². The summed E-state index contributed by atoms with van der Waals surface area (Å²) in [5.74, 6) is 0. The van der Waals surface area contributed by atoms with Gasteiger partial charge in [-0.3, -0.25) is 4.90 Å². The number of nitrogens with zero attached hydrogens (tertiary/aromatic N) is 1. The van der Waals surface area contributed by atoms with E-state index in [2.05, 4.69) is 35.2 Å². The van der Waals surface area contributed by atoms with E-state index in [0.717, 1.165) is 6.42 Å². The lowest BCUT2D eigenvalue weighted by Gasteiger charge is -2.26. The van der Waals surface area contributed by atoms with E-state index in [4.69, 9.17) is 4.74 Å². The van der Waals surface area contributed by atoms with Crippen LogP contribution in [0.1, 0.15) is 18.4 Å². The Labute approximate surface area is 91.9 Å². The maximum atomic E-state index is 5.56. The van der Waals surface area contributed by atoms with Gasteiger partial charge in [-0.15, -0.1) is 0 Å². The van der Waals surface area contributed by atoms with Crippen molar-refractivity contribution in [2.45, 2.75) is 25.5 Å². The first kappa shape index (κ1) is 10.7. The number of hydrogen-bond acceptors (Lipinski definition) is 2. The molecule has 1 saturated heterocycles. The van der Waals surface area contributed by atoms with Gasteiger partial charge in [0, 0.05) is 26.6 Å². The van der Waals surface area contributed by atoms with Gasteiger partial charge in [0.1, 0.15) is 6.23 Å². The smallest absolute Gasteiger partial charge is 0.114 e. The molecule has 2 nitrogen and oxygen atoms in total. The van der Waals surface area contributed by atoms with E-state index in [1.807, 2.05) is 7.11 Å². The molecule has 0 radical (unpaired) electrons. The van der Waals surface area contributed by atoms with Gasteiger partial charge in [0.15, 0.2) is 0 Å². The van der Waals surface area contributed by atoms with E-state index < -0.39 is 0 Å². The monoisotopic (exact) mass is 205 g/mol. The standard InChI is InChI=1S/C13H19NO/c1-15-13(14-9-5-6-10-14)11-12-7-3-2-4-8-12/h2-4,7-8,13H,5-6,9-11H2,1H3. The second kappa shape index (κ2) is 5.29. The molecule has 2 rings (SSSR count). The molecular formula is C13H19NO. The van der Waals surface area contributed by atoms with Crippen LogP contribution in [0, 0.1) is 0 Å². The maximum absolute atomic E-state index is 5.56. The van der Waals surface area contributed by atoms with Crippen LogP contribution in [0.2, 0.25) is 0 Å². The predicted octanol–water partition coefficient (Wildman–Crippen LogP) is 2.30. The van der Waals surface area contributed by atoms with Crippen LogP contribution in [0.25, 0.3) is 0 Å². The van der Waals surface area contributed by atoms with Gasteiger partial charge in [0.05, 0.1) is 0 Å². The van der Waals surface area contributed by atoms with Crippen LogP contribution in [0.3, 0.4) is 0 Å². The van der Waals surface area contributed by atoms with Gasteiger partial charge in [-0.1, -0.05) is 30.3 Å². The van der Waals surface area contributed by atoms with Gasteiger partial charge in [-0.05, 0) is 18.4 Å². The van der Waals surface area contributed by atoms with Gasteiger partial charge in [0.25, 0.3) is 0 Å². The molecule has 1 fully saturated rings. The fourth-order valence-corrected chi connectivity index (χ4v) is 2.21. The molecule has 15 heavy (non-hydrogen) atoms. The molecule has 1 aliphatic heterocycles. The summed E-state index contributed by atoms with van der Waals surface area (Å²) < 4.78 is 5.56. The number of methoxy groups -OCH3 is 1. The number of likely N-dealkylation sites (tertiary alicyclic amines) is 1. The van der Waals surface area contributed by atoms with Gasteiger partial charge in [-0.2, -0.15) is 0 Å². The highest BCUT2D eigenvalue weighted by Crippen LogP contribution is 2.15. The zero-order valence-electron chi connectivity index (χ0n) is 9.36. The Morgan fingerprint density at radius 1 is 1.20 bits per heavy atom. The van der Waals surface area contributed by atoms with Crippen molar-refractivity contribution in [2.24, 2.45) is 0 Å². The predicted molar refractivity (Wildman–Crippen MR) is 61.8 cm³/mol. The Hall–Kier alpha value is -0.860. The zero-order valence-corrected chi connectivity index (χ0v) is 9.36. The van der Waals surface area contributed by atoms with Crippen molar-refractivity contribution in [3.05, 3.63) is 35.9 Å². The minimum Gasteiger partial charge on any atom is -0.366 e. The molecule has 0 spiro atoms. The minimum absolute atomic E-state index is 0.259. The average molecular weight is 205 g/mol. The van der Waals surface area contributed by atoms with Crippen LogP contribution in [-0.4, -0.2) is 31.3 Å². The summed E-state index contributed by atoms with van der Waals surface area (Å²) in [4.78, 5) is 2.44. The second-order valence-corrected chi connectivity index (χ2v) is 4.12. The Bertz CT molecular complexity index is 280. The Kier molecular flexibility index (Phi) is 3.75. The molecule has 0 aromatic heterocycles. The van der Waals surface area contributed by atoms with E-state index in [1.54, 1.807) is 0 Å². The largest absolute Gasteiger partial charge is 0.366 e. The zero-order chi connectivity index (χ0) is 10.5. The van der Waals surface area contributed by atoms with Crippen molar-refractivity contribution in [3.63, 3.8) is 0 Å². The third-order valence-corrected chi connectivity index (χ3v) is 3.07. The highest BCUT2D eigenvalue weighted by Gasteiger charge is 2.21. The summed E-state index contributed by atoms with van der Waals surface area (Å²) in [7, 11) is 1.81. The SMILES string of the molecule is COC(Cc1ccccc1)N1CCCC1. The third-order valence-electron chi connectivity index (χ3n) is 3.07. The topological polar surface area (TPSA) is 12.5 Å². The third kappa shape index (κ3) is 2.80. The molecule has 0 amide bonds. The van der Waals surface area contributed by atoms with Crippen LogP contribution in [-0.2, 0) is 11.2 Å². The molecule has 0 aliphatic carbocycles. The summed E-state index contributed by atoms with van der Waals surface area (Å²) in [5.41, 5.74) is 1.36. The summed E-state index contributed by atoms with van der Waals surface area (Å²) in [5, 5.41) is 0. The van der Waals surface area contributed by atoms with Crippen molar-refractivity contribution in [1.82, 2.24) is 4.90 Å². The molecule has 1 unspecified atom stereocenters. The van der Waals surface area contributed by atoms with Crippen LogP contribution < -0.4 is 0 Å². The summed E-state index contributed by atoms with van der Waals surface area (Å²) >= 11 is 0. The average Bonchev–Trinajstić information content (AvgIpc) is 2.81. The fraction of sp³-hybridized carbons (Fsp3) is 0.538. The fourth-order valence-electron chi connectivity index (χ4n) is 2.21. The van der Waals surface area contributed by atoms with Gasteiger partial charge in [0.2, 0.25) is 0 Å². The number of hydrogen-bond donors (Lipinski definition) is 0. The second-order valence-electron chi connectivity index (χ2n) is 4.12. The number of benzene rings is 1. The molecular weight excluding hydrogens is 186 g/mol. The highest BCUT2D eigenvalue weighted by atomic mass is 16.5. The molecule has 1 aromatic rings. The van der Waals surface area contributed by atoms with Crippen LogP contribution >= 0.6 is 0 Å².